The lowest BCUT2D eigenvalue weighted by Gasteiger charge is -2.16. The van der Waals surface area contributed by atoms with Crippen LogP contribution in [0, 0.1) is 0 Å². The van der Waals surface area contributed by atoms with Crippen molar-refractivity contribution in [1.29, 1.82) is 0 Å². The van der Waals surface area contributed by atoms with Crippen LogP contribution in [0.4, 0.5) is 5.69 Å². The Kier molecular flexibility index (Phi) is 5.50. The molecule has 2 aromatic carbocycles. The molecular formula is C18H23NO2. The van der Waals surface area contributed by atoms with E-state index in [1.807, 2.05) is 63.2 Å². The van der Waals surface area contributed by atoms with Gasteiger partial charge in [0, 0.05) is 12.1 Å². The standard InChI is InChI=1S/C18H23NO2/c1-4-20-18-12-8-6-10-16(18)19-13-15-9-5-7-11-17(15)21-14(2)3/h5-12,14,19H,4,13H2,1-3H3. The summed E-state index contributed by atoms with van der Waals surface area (Å²) in [7, 11) is 0. The first-order valence-corrected chi connectivity index (χ1v) is 7.41. The van der Waals surface area contributed by atoms with Crippen LogP contribution in [0.15, 0.2) is 48.5 Å². The SMILES string of the molecule is CCOc1ccccc1NCc1ccccc1OC(C)C. The first-order chi connectivity index (χ1) is 10.2. The van der Waals surface area contributed by atoms with Crippen molar-refractivity contribution in [2.75, 3.05) is 11.9 Å². The molecule has 0 saturated heterocycles. The van der Waals surface area contributed by atoms with E-state index in [0.29, 0.717) is 13.2 Å². The molecular weight excluding hydrogens is 262 g/mol. The van der Waals surface area contributed by atoms with E-state index in [-0.39, 0.29) is 6.10 Å². The second-order valence-electron chi connectivity index (χ2n) is 5.06. The maximum Gasteiger partial charge on any atom is 0.142 e. The summed E-state index contributed by atoms with van der Waals surface area (Å²) in [5.74, 6) is 1.80. The molecule has 0 amide bonds. The molecule has 0 aliphatic rings. The number of anilines is 1. The Hall–Kier alpha value is -2.16. The van der Waals surface area contributed by atoms with Crippen molar-refractivity contribution < 1.29 is 9.47 Å². The van der Waals surface area contributed by atoms with Crippen LogP contribution in [-0.2, 0) is 6.54 Å². The van der Waals surface area contributed by atoms with Gasteiger partial charge in [-0.15, -0.1) is 0 Å². The zero-order chi connectivity index (χ0) is 15.1. The highest BCUT2D eigenvalue weighted by Gasteiger charge is 2.06. The summed E-state index contributed by atoms with van der Waals surface area (Å²) < 4.78 is 11.5. The third kappa shape index (κ3) is 4.42. The summed E-state index contributed by atoms with van der Waals surface area (Å²) in [6, 6.07) is 16.1. The number of benzene rings is 2. The average Bonchev–Trinajstić information content (AvgIpc) is 2.47. The number of nitrogens with one attached hydrogen (secondary N) is 1. The van der Waals surface area contributed by atoms with Gasteiger partial charge in [-0.2, -0.15) is 0 Å². The Bertz CT molecular complexity index is 567. The molecule has 0 aliphatic carbocycles. The molecule has 0 aromatic heterocycles. The summed E-state index contributed by atoms with van der Waals surface area (Å²) in [5, 5.41) is 3.42. The normalized spacial score (nSPS) is 10.5. The lowest BCUT2D eigenvalue weighted by molar-refractivity contribution is 0.240. The molecule has 0 saturated carbocycles. The van der Waals surface area contributed by atoms with E-state index < -0.39 is 0 Å². The smallest absolute Gasteiger partial charge is 0.142 e. The van der Waals surface area contributed by atoms with E-state index >= 15 is 0 Å². The van der Waals surface area contributed by atoms with Gasteiger partial charge in [0.2, 0.25) is 0 Å². The molecule has 2 rings (SSSR count). The summed E-state index contributed by atoms with van der Waals surface area (Å²) in [4.78, 5) is 0. The topological polar surface area (TPSA) is 30.5 Å². The third-order valence-electron chi connectivity index (χ3n) is 2.99. The van der Waals surface area contributed by atoms with Crippen LogP contribution in [0.5, 0.6) is 11.5 Å². The van der Waals surface area contributed by atoms with Crippen molar-refractivity contribution >= 4 is 5.69 Å². The molecule has 0 aliphatic heterocycles. The van der Waals surface area contributed by atoms with Crippen molar-refractivity contribution in [2.45, 2.75) is 33.4 Å². The largest absolute Gasteiger partial charge is 0.492 e. The quantitative estimate of drug-likeness (QED) is 0.813. The minimum absolute atomic E-state index is 0.168. The predicted octanol–water partition coefficient (Wildman–Crippen LogP) is 4.48. The highest BCUT2D eigenvalue weighted by atomic mass is 16.5. The lowest BCUT2D eigenvalue weighted by Crippen LogP contribution is -2.09. The van der Waals surface area contributed by atoms with Crippen molar-refractivity contribution in [2.24, 2.45) is 0 Å². The van der Waals surface area contributed by atoms with E-state index in [0.717, 1.165) is 22.7 Å². The van der Waals surface area contributed by atoms with Crippen molar-refractivity contribution in [1.82, 2.24) is 0 Å². The summed E-state index contributed by atoms with van der Waals surface area (Å²) in [6.45, 7) is 7.42. The summed E-state index contributed by atoms with van der Waals surface area (Å²) in [6.07, 6.45) is 0.168. The molecule has 3 heteroatoms. The van der Waals surface area contributed by atoms with Crippen LogP contribution in [0.3, 0.4) is 0 Å². The van der Waals surface area contributed by atoms with Crippen molar-refractivity contribution in [3.8, 4) is 11.5 Å². The molecule has 0 atom stereocenters. The minimum atomic E-state index is 0.168. The number of para-hydroxylation sites is 3. The van der Waals surface area contributed by atoms with Crippen LogP contribution in [0.25, 0.3) is 0 Å². The van der Waals surface area contributed by atoms with E-state index in [9.17, 15) is 0 Å². The first-order valence-electron chi connectivity index (χ1n) is 7.41. The molecule has 0 radical (unpaired) electrons. The molecule has 0 unspecified atom stereocenters. The Balaban J connectivity index is 2.10. The fourth-order valence-corrected chi connectivity index (χ4v) is 2.10. The Morgan fingerprint density at radius 2 is 1.62 bits per heavy atom. The van der Waals surface area contributed by atoms with Crippen LogP contribution in [-0.4, -0.2) is 12.7 Å². The highest BCUT2D eigenvalue weighted by Crippen LogP contribution is 2.26. The monoisotopic (exact) mass is 285 g/mol. The van der Waals surface area contributed by atoms with E-state index in [4.69, 9.17) is 9.47 Å². The molecule has 0 spiro atoms. The molecule has 2 aromatic rings. The zero-order valence-corrected chi connectivity index (χ0v) is 12.9. The van der Waals surface area contributed by atoms with Gasteiger partial charge in [-0.1, -0.05) is 30.3 Å². The molecule has 0 bridgehead atoms. The van der Waals surface area contributed by atoms with E-state index in [1.54, 1.807) is 0 Å². The van der Waals surface area contributed by atoms with Gasteiger partial charge in [-0.25, -0.2) is 0 Å². The van der Waals surface area contributed by atoms with Crippen molar-refractivity contribution in [3.63, 3.8) is 0 Å². The Morgan fingerprint density at radius 3 is 2.33 bits per heavy atom. The van der Waals surface area contributed by atoms with Crippen LogP contribution in [0.1, 0.15) is 26.3 Å². The molecule has 3 nitrogen and oxygen atoms in total. The molecule has 112 valence electrons. The average molecular weight is 285 g/mol. The van der Waals surface area contributed by atoms with Gasteiger partial charge < -0.3 is 14.8 Å². The second-order valence-corrected chi connectivity index (χ2v) is 5.06. The van der Waals surface area contributed by atoms with Gasteiger partial charge >= 0.3 is 0 Å². The molecule has 1 N–H and O–H groups in total. The van der Waals surface area contributed by atoms with Crippen molar-refractivity contribution in [3.05, 3.63) is 54.1 Å². The van der Waals surface area contributed by atoms with Gasteiger partial charge in [0.15, 0.2) is 0 Å². The zero-order valence-electron chi connectivity index (χ0n) is 12.9. The fraction of sp³-hybridized carbons (Fsp3) is 0.333. The highest BCUT2D eigenvalue weighted by molar-refractivity contribution is 5.56. The summed E-state index contributed by atoms with van der Waals surface area (Å²) in [5.41, 5.74) is 2.14. The van der Waals surface area contributed by atoms with E-state index in [2.05, 4.69) is 11.4 Å². The maximum atomic E-state index is 5.84. The lowest BCUT2D eigenvalue weighted by atomic mass is 10.2. The van der Waals surface area contributed by atoms with E-state index in [1.165, 1.54) is 0 Å². The maximum absolute atomic E-state index is 5.84. The van der Waals surface area contributed by atoms with Crippen LogP contribution >= 0.6 is 0 Å². The number of hydrogen-bond donors (Lipinski definition) is 1. The minimum Gasteiger partial charge on any atom is -0.492 e. The first kappa shape index (κ1) is 15.2. The Morgan fingerprint density at radius 1 is 0.952 bits per heavy atom. The van der Waals surface area contributed by atoms with Gasteiger partial charge in [0.1, 0.15) is 11.5 Å². The summed E-state index contributed by atoms with van der Waals surface area (Å²) >= 11 is 0. The number of rotatable bonds is 7. The van der Waals surface area contributed by atoms with Crippen LogP contribution in [0.2, 0.25) is 0 Å². The molecule has 21 heavy (non-hydrogen) atoms. The molecule has 0 heterocycles. The second kappa shape index (κ2) is 7.58. The van der Waals surface area contributed by atoms with Gasteiger partial charge in [0.05, 0.1) is 18.4 Å². The van der Waals surface area contributed by atoms with Gasteiger partial charge in [-0.3, -0.25) is 0 Å². The predicted molar refractivity (Wildman–Crippen MR) is 87.1 cm³/mol. The Labute approximate surface area is 126 Å². The van der Waals surface area contributed by atoms with Gasteiger partial charge in [-0.05, 0) is 39.0 Å². The number of ether oxygens (including phenoxy) is 2. The number of hydrogen-bond acceptors (Lipinski definition) is 3. The van der Waals surface area contributed by atoms with Crippen LogP contribution < -0.4 is 14.8 Å². The third-order valence-corrected chi connectivity index (χ3v) is 2.99. The molecule has 0 fully saturated rings. The fourth-order valence-electron chi connectivity index (χ4n) is 2.10. The van der Waals surface area contributed by atoms with Gasteiger partial charge in [0.25, 0.3) is 0 Å².